The van der Waals surface area contributed by atoms with E-state index in [1.165, 1.54) is 0 Å². The van der Waals surface area contributed by atoms with Gasteiger partial charge < -0.3 is 5.11 Å². The molecule has 1 saturated carbocycles. The highest BCUT2D eigenvalue weighted by Gasteiger charge is 2.45. The monoisotopic (exact) mass is 154 g/mol. The third-order valence-electron chi connectivity index (χ3n) is 2.80. The van der Waals surface area contributed by atoms with Crippen LogP contribution in [0.2, 0.25) is 0 Å². The Balaban J connectivity index is 2.84. The van der Waals surface area contributed by atoms with Gasteiger partial charge in [-0.2, -0.15) is 0 Å². The Morgan fingerprint density at radius 3 is 2.18 bits per heavy atom. The van der Waals surface area contributed by atoms with Gasteiger partial charge in [-0.15, -0.1) is 0 Å². The van der Waals surface area contributed by atoms with Gasteiger partial charge in [0.25, 0.3) is 0 Å². The maximum Gasteiger partial charge on any atom is 0.313 e. The van der Waals surface area contributed by atoms with Crippen LogP contribution in [-0.4, -0.2) is 11.1 Å². The smallest absolute Gasteiger partial charge is 0.313 e. The number of hydrogen-bond acceptors (Lipinski definition) is 1. The standard InChI is InChI=1S/C9H14O2/c1-3-7(2)9(8(10)11)5-4-6-9/h3H,4-6H2,1-2H3,(H,10,11). The molecule has 1 N–H and O–H groups in total. The SMILES string of the molecule is CC=C(C)C1(C(=O)O)CCC1. The predicted octanol–water partition coefficient (Wildman–Crippen LogP) is 2.21. The van der Waals surface area contributed by atoms with Crippen LogP contribution in [0.15, 0.2) is 11.6 Å². The van der Waals surface area contributed by atoms with Crippen LogP contribution in [0.25, 0.3) is 0 Å². The lowest BCUT2D eigenvalue weighted by Gasteiger charge is -2.38. The molecule has 0 bridgehead atoms. The van der Waals surface area contributed by atoms with Gasteiger partial charge in [-0.05, 0) is 26.7 Å². The van der Waals surface area contributed by atoms with Crippen LogP contribution in [0.5, 0.6) is 0 Å². The highest BCUT2D eigenvalue weighted by atomic mass is 16.4. The average Bonchev–Trinajstić information content (AvgIpc) is 1.84. The van der Waals surface area contributed by atoms with E-state index in [-0.39, 0.29) is 0 Å². The first-order chi connectivity index (χ1) is 5.13. The Morgan fingerprint density at radius 1 is 1.55 bits per heavy atom. The van der Waals surface area contributed by atoms with E-state index >= 15 is 0 Å². The molecule has 0 aliphatic heterocycles. The Bertz CT molecular complexity index is 200. The van der Waals surface area contributed by atoms with Crippen LogP contribution in [0.4, 0.5) is 0 Å². The minimum atomic E-state index is -0.653. The maximum absolute atomic E-state index is 10.9. The minimum Gasteiger partial charge on any atom is -0.481 e. The second-order valence-electron chi connectivity index (χ2n) is 3.21. The van der Waals surface area contributed by atoms with Crippen molar-refractivity contribution in [1.29, 1.82) is 0 Å². The van der Waals surface area contributed by atoms with Crippen LogP contribution >= 0.6 is 0 Å². The number of aliphatic carboxylic acids is 1. The van der Waals surface area contributed by atoms with E-state index in [0.29, 0.717) is 0 Å². The lowest BCUT2D eigenvalue weighted by molar-refractivity contribution is -0.151. The second-order valence-corrected chi connectivity index (χ2v) is 3.21. The van der Waals surface area contributed by atoms with Crippen molar-refractivity contribution in [2.45, 2.75) is 33.1 Å². The van der Waals surface area contributed by atoms with Gasteiger partial charge in [0.15, 0.2) is 0 Å². The topological polar surface area (TPSA) is 37.3 Å². The van der Waals surface area contributed by atoms with Crippen molar-refractivity contribution in [3.63, 3.8) is 0 Å². The Hall–Kier alpha value is -0.790. The molecule has 11 heavy (non-hydrogen) atoms. The molecule has 0 amide bonds. The summed E-state index contributed by atoms with van der Waals surface area (Å²) in [6, 6.07) is 0. The Labute approximate surface area is 66.9 Å². The van der Waals surface area contributed by atoms with Gasteiger partial charge in [0.05, 0.1) is 5.41 Å². The van der Waals surface area contributed by atoms with Gasteiger partial charge in [0.2, 0.25) is 0 Å². The summed E-state index contributed by atoms with van der Waals surface area (Å²) in [5.74, 6) is -0.653. The summed E-state index contributed by atoms with van der Waals surface area (Å²) in [5, 5.41) is 8.94. The molecule has 2 nitrogen and oxygen atoms in total. The van der Waals surface area contributed by atoms with Crippen molar-refractivity contribution >= 4 is 5.97 Å². The molecule has 0 aromatic carbocycles. The number of allylic oxidation sites excluding steroid dienone is 1. The van der Waals surface area contributed by atoms with E-state index in [1.54, 1.807) is 0 Å². The molecule has 0 aromatic rings. The van der Waals surface area contributed by atoms with Crippen LogP contribution < -0.4 is 0 Å². The maximum atomic E-state index is 10.9. The highest BCUT2D eigenvalue weighted by Crippen LogP contribution is 2.46. The van der Waals surface area contributed by atoms with Crippen LogP contribution in [0, 0.1) is 5.41 Å². The Kier molecular flexibility index (Phi) is 2.03. The number of carboxylic acids is 1. The first kappa shape index (κ1) is 8.31. The second kappa shape index (κ2) is 2.68. The molecule has 0 heterocycles. The van der Waals surface area contributed by atoms with E-state index in [0.717, 1.165) is 24.8 Å². The fraction of sp³-hybridized carbons (Fsp3) is 0.667. The van der Waals surface area contributed by atoms with Crippen molar-refractivity contribution in [1.82, 2.24) is 0 Å². The summed E-state index contributed by atoms with van der Waals surface area (Å²) < 4.78 is 0. The van der Waals surface area contributed by atoms with E-state index in [9.17, 15) is 4.79 Å². The summed E-state index contributed by atoms with van der Waals surface area (Å²) in [5.41, 5.74) is 0.519. The van der Waals surface area contributed by atoms with Crippen LogP contribution in [0.3, 0.4) is 0 Å². The van der Waals surface area contributed by atoms with Gasteiger partial charge >= 0.3 is 5.97 Å². The molecule has 0 radical (unpaired) electrons. The van der Waals surface area contributed by atoms with Crippen molar-refractivity contribution in [3.8, 4) is 0 Å². The zero-order valence-electron chi connectivity index (χ0n) is 7.05. The molecule has 0 spiro atoms. The molecule has 0 aromatic heterocycles. The van der Waals surface area contributed by atoms with Crippen molar-refractivity contribution < 1.29 is 9.90 Å². The number of carboxylic acid groups (broad SMARTS) is 1. The summed E-state index contributed by atoms with van der Waals surface area (Å²) in [7, 11) is 0. The summed E-state index contributed by atoms with van der Waals surface area (Å²) in [4.78, 5) is 10.9. The first-order valence-corrected chi connectivity index (χ1v) is 4.00. The Morgan fingerprint density at radius 2 is 2.09 bits per heavy atom. The van der Waals surface area contributed by atoms with Crippen molar-refractivity contribution in [2.75, 3.05) is 0 Å². The third kappa shape index (κ3) is 1.06. The first-order valence-electron chi connectivity index (χ1n) is 4.00. The van der Waals surface area contributed by atoms with Crippen molar-refractivity contribution in [3.05, 3.63) is 11.6 Å². The quantitative estimate of drug-likeness (QED) is 0.619. The van der Waals surface area contributed by atoms with Gasteiger partial charge in [-0.3, -0.25) is 4.79 Å². The molecule has 0 saturated heterocycles. The molecule has 1 aliphatic rings. The summed E-state index contributed by atoms with van der Waals surface area (Å²) in [6.45, 7) is 3.81. The van der Waals surface area contributed by atoms with E-state index in [4.69, 9.17) is 5.11 Å². The minimum absolute atomic E-state index is 0.491. The largest absolute Gasteiger partial charge is 0.481 e. The van der Waals surface area contributed by atoms with Gasteiger partial charge in [0, 0.05) is 0 Å². The number of rotatable bonds is 2. The van der Waals surface area contributed by atoms with Crippen LogP contribution in [-0.2, 0) is 4.79 Å². The van der Waals surface area contributed by atoms with Gasteiger partial charge in [0.1, 0.15) is 0 Å². The van der Waals surface area contributed by atoms with Gasteiger partial charge in [-0.1, -0.05) is 18.1 Å². The van der Waals surface area contributed by atoms with Gasteiger partial charge in [-0.25, -0.2) is 0 Å². The molecule has 62 valence electrons. The molecule has 1 rings (SSSR count). The van der Waals surface area contributed by atoms with E-state index < -0.39 is 11.4 Å². The summed E-state index contributed by atoms with van der Waals surface area (Å²) in [6.07, 6.45) is 4.60. The summed E-state index contributed by atoms with van der Waals surface area (Å²) >= 11 is 0. The highest BCUT2D eigenvalue weighted by molar-refractivity contribution is 5.79. The lowest BCUT2D eigenvalue weighted by atomic mass is 9.64. The molecular formula is C9H14O2. The number of hydrogen-bond donors (Lipinski definition) is 1. The predicted molar refractivity (Wildman–Crippen MR) is 43.4 cm³/mol. The van der Waals surface area contributed by atoms with E-state index in [1.807, 2.05) is 19.9 Å². The zero-order valence-corrected chi connectivity index (χ0v) is 7.05. The average molecular weight is 154 g/mol. The zero-order chi connectivity index (χ0) is 8.48. The lowest BCUT2D eigenvalue weighted by Crippen LogP contribution is -2.38. The third-order valence-corrected chi connectivity index (χ3v) is 2.80. The molecule has 2 heteroatoms. The van der Waals surface area contributed by atoms with Crippen LogP contribution in [0.1, 0.15) is 33.1 Å². The molecule has 1 fully saturated rings. The molecule has 1 aliphatic carbocycles. The fourth-order valence-electron chi connectivity index (χ4n) is 1.58. The normalized spacial score (nSPS) is 22.5. The number of carbonyl (C=O) groups is 1. The van der Waals surface area contributed by atoms with E-state index in [2.05, 4.69) is 0 Å². The molecule has 0 atom stereocenters. The molecular weight excluding hydrogens is 140 g/mol. The fourth-order valence-corrected chi connectivity index (χ4v) is 1.58. The molecule has 0 unspecified atom stereocenters. The van der Waals surface area contributed by atoms with Crippen molar-refractivity contribution in [2.24, 2.45) is 5.41 Å².